The molecule has 0 aliphatic carbocycles. The lowest BCUT2D eigenvalue weighted by atomic mass is 10.2. The number of carbonyl (C=O) groups excluding carboxylic acids is 1. The van der Waals surface area contributed by atoms with Gasteiger partial charge >= 0.3 is 0 Å². The number of hydrogen-bond donors (Lipinski definition) is 1. The number of aromatic nitrogens is 2. The highest BCUT2D eigenvalue weighted by Gasteiger charge is 2.11. The minimum Gasteiger partial charge on any atom is -0.297 e. The van der Waals surface area contributed by atoms with E-state index >= 15 is 0 Å². The first-order valence-corrected chi connectivity index (χ1v) is 7.43. The van der Waals surface area contributed by atoms with Crippen LogP contribution in [0.2, 0.25) is 0 Å². The van der Waals surface area contributed by atoms with Crippen LogP contribution in [-0.2, 0) is 0 Å². The topological polar surface area (TPSA) is 54.9 Å². The molecule has 0 atom stereocenters. The zero-order chi connectivity index (χ0) is 12.3. The molecular formula is C10H8BrN3OS2. The number of thioether (sulfide) groups is 1. The van der Waals surface area contributed by atoms with Crippen molar-refractivity contribution in [1.29, 1.82) is 0 Å². The van der Waals surface area contributed by atoms with Crippen LogP contribution < -0.4 is 5.32 Å². The Morgan fingerprint density at radius 1 is 1.47 bits per heavy atom. The SMILES string of the molecule is CSc1nsc(NC(=O)c2ccccc2Br)n1. The Balaban J connectivity index is 2.14. The number of nitrogens with one attached hydrogen (secondary N) is 1. The van der Waals surface area contributed by atoms with Gasteiger partial charge in [0.25, 0.3) is 5.91 Å². The molecule has 0 fully saturated rings. The van der Waals surface area contributed by atoms with Gasteiger partial charge in [0.1, 0.15) is 0 Å². The van der Waals surface area contributed by atoms with Crippen LogP contribution in [-0.4, -0.2) is 21.5 Å². The van der Waals surface area contributed by atoms with Crippen molar-refractivity contribution in [2.24, 2.45) is 0 Å². The monoisotopic (exact) mass is 329 g/mol. The highest BCUT2D eigenvalue weighted by molar-refractivity contribution is 9.10. The van der Waals surface area contributed by atoms with E-state index in [-0.39, 0.29) is 5.91 Å². The number of rotatable bonds is 3. The van der Waals surface area contributed by atoms with E-state index < -0.39 is 0 Å². The van der Waals surface area contributed by atoms with Crippen molar-refractivity contribution in [2.75, 3.05) is 11.6 Å². The number of hydrogen-bond acceptors (Lipinski definition) is 5. The summed E-state index contributed by atoms with van der Waals surface area (Å²) < 4.78 is 4.83. The Morgan fingerprint density at radius 2 is 2.24 bits per heavy atom. The molecule has 0 radical (unpaired) electrons. The molecule has 0 aliphatic rings. The molecule has 0 spiro atoms. The Bertz CT molecular complexity index is 544. The fourth-order valence-electron chi connectivity index (χ4n) is 1.15. The van der Waals surface area contributed by atoms with Gasteiger partial charge in [-0.2, -0.15) is 9.36 Å². The maximum absolute atomic E-state index is 11.9. The maximum Gasteiger partial charge on any atom is 0.258 e. The van der Waals surface area contributed by atoms with E-state index in [9.17, 15) is 4.79 Å². The van der Waals surface area contributed by atoms with Gasteiger partial charge < -0.3 is 0 Å². The lowest BCUT2D eigenvalue weighted by Gasteiger charge is -2.02. The van der Waals surface area contributed by atoms with Crippen molar-refractivity contribution in [3.8, 4) is 0 Å². The van der Waals surface area contributed by atoms with Crippen molar-refractivity contribution < 1.29 is 4.79 Å². The fourth-order valence-corrected chi connectivity index (χ4v) is 2.74. The molecule has 1 aromatic heterocycles. The van der Waals surface area contributed by atoms with Gasteiger partial charge in [0.15, 0.2) is 0 Å². The van der Waals surface area contributed by atoms with E-state index in [1.54, 1.807) is 6.07 Å². The molecule has 88 valence electrons. The Hall–Kier alpha value is -0.920. The second-order valence-corrected chi connectivity index (χ2v) is 5.40. The molecule has 0 unspecified atom stereocenters. The second-order valence-electron chi connectivity index (χ2n) is 3.02. The summed E-state index contributed by atoms with van der Waals surface area (Å²) in [6.45, 7) is 0. The lowest BCUT2D eigenvalue weighted by molar-refractivity contribution is 0.102. The summed E-state index contributed by atoms with van der Waals surface area (Å²) >= 11 is 5.95. The third-order valence-electron chi connectivity index (χ3n) is 1.93. The minimum atomic E-state index is -0.193. The maximum atomic E-state index is 11.9. The lowest BCUT2D eigenvalue weighted by Crippen LogP contribution is -2.12. The summed E-state index contributed by atoms with van der Waals surface area (Å²) in [7, 11) is 0. The number of anilines is 1. The van der Waals surface area contributed by atoms with E-state index in [2.05, 4.69) is 30.6 Å². The van der Waals surface area contributed by atoms with Crippen LogP contribution in [0.1, 0.15) is 10.4 Å². The molecule has 17 heavy (non-hydrogen) atoms. The third kappa shape index (κ3) is 3.05. The predicted octanol–water partition coefficient (Wildman–Crippen LogP) is 3.27. The molecule has 0 saturated heterocycles. The molecule has 2 rings (SSSR count). The van der Waals surface area contributed by atoms with Crippen molar-refractivity contribution in [3.63, 3.8) is 0 Å². The van der Waals surface area contributed by atoms with Gasteiger partial charge in [-0.3, -0.25) is 10.1 Å². The fraction of sp³-hybridized carbons (Fsp3) is 0.100. The number of benzene rings is 1. The quantitative estimate of drug-likeness (QED) is 0.878. The second kappa shape index (κ2) is 5.61. The van der Waals surface area contributed by atoms with Crippen LogP contribution in [0, 0.1) is 0 Å². The van der Waals surface area contributed by atoms with E-state index in [4.69, 9.17) is 0 Å². The van der Waals surface area contributed by atoms with Crippen LogP contribution in [0.5, 0.6) is 0 Å². The molecule has 0 aliphatic heterocycles. The third-order valence-corrected chi connectivity index (χ3v) is 3.91. The average Bonchev–Trinajstić information content (AvgIpc) is 2.77. The molecule has 2 aromatic rings. The van der Waals surface area contributed by atoms with Crippen LogP contribution in [0.15, 0.2) is 33.9 Å². The number of nitrogens with zero attached hydrogens (tertiary/aromatic N) is 2. The van der Waals surface area contributed by atoms with Gasteiger partial charge in [0.2, 0.25) is 10.3 Å². The summed E-state index contributed by atoms with van der Waals surface area (Å²) in [4.78, 5) is 16.1. The number of carbonyl (C=O) groups is 1. The highest BCUT2D eigenvalue weighted by Crippen LogP contribution is 2.20. The summed E-state index contributed by atoms with van der Waals surface area (Å²) in [5, 5.41) is 3.89. The van der Waals surface area contributed by atoms with E-state index in [0.29, 0.717) is 15.9 Å². The zero-order valence-corrected chi connectivity index (χ0v) is 12.0. The molecule has 1 amide bonds. The number of halogens is 1. The Kier molecular flexibility index (Phi) is 4.14. The first-order valence-electron chi connectivity index (χ1n) is 4.64. The summed E-state index contributed by atoms with van der Waals surface area (Å²) in [6.07, 6.45) is 1.89. The van der Waals surface area contributed by atoms with Crippen molar-refractivity contribution in [1.82, 2.24) is 9.36 Å². The standard InChI is InChI=1S/C10H8BrN3OS2/c1-16-10-13-9(17-14-10)12-8(15)6-4-2-3-5-7(6)11/h2-5H,1H3,(H,12,13,14,15). The van der Waals surface area contributed by atoms with Gasteiger partial charge in [0.05, 0.1) is 5.56 Å². The Labute approximate surface area is 115 Å². The highest BCUT2D eigenvalue weighted by atomic mass is 79.9. The first kappa shape index (κ1) is 12.5. The van der Waals surface area contributed by atoms with Crippen LogP contribution in [0.25, 0.3) is 0 Å². The van der Waals surface area contributed by atoms with Crippen molar-refractivity contribution in [3.05, 3.63) is 34.3 Å². The van der Waals surface area contributed by atoms with Gasteiger partial charge in [-0.15, -0.1) is 0 Å². The predicted molar refractivity (Wildman–Crippen MR) is 73.8 cm³/mol. The van der Waals surface area contributed by atoms with Crippen molar-refractivity contribution in [2.45, 2.75) is 5.16 Å². The first-order chi connectivity index (χ1) is 8.20. The summed E-state index contributed by atoms with van der Waals surface area (Å²) in [6, 6.07) is 7.24. The summed E-state index contributed by atoms with van der Waals surface area (Å²) in [5.41, 5.74) is 0.577. The minimum absolute atomic E-state index is 0.193. The molecule has 0 bridgehead atoms. The molecular weight excluding hydrogens is 322 g/mol. The van der Waals surface area contributed by atoms with E-state index in [1.165, 1.54) is 23.3 Å². The molecule has 7 heteroatoms. The van der Waals surface area contributed by atoms with Gasteiger partial charge in [-0.1, -0.05) is 23.9 Å². The number of amides is 1. The van der Waals surface area contributed by atoms with Crippen LogP contribution in [0.3, 0.4) is 0 Å². The summed E-state index contributed by atoms with van der Waals surface area (Å²) in [5.74, 6) is -0.193. The normalized spacial score (nSPS) is 10.2. The zero-order valence-electron chi connectivity index (χ0n) is 8.81. The average molecular weight is 330 g/mol. The van der Waals surface area contributed by atoms with Crippen molar-refractivity contribution >= 4 is 50.3 Å². The molecule has 1 heterocycles. The van der Waals surface area contributed by atoms with Gasteiger partial charge in [-0.25, -0.2) is 0 Å². The van der Waals surface area contributed by atoms with Gasteiger partial charge in [-0.05, 0) is 34.3 Å². The van der Waals surface area contributed by atoms with Gasteiger partial charge in [0, 0.05) is 16.0 Å². The molecule has 4 nitrogen and oxygen atoms in total. The van der Waals surface area contributed by atoms with Crippen LogP contribution in [0.4, 0.5) is 5.13 Å². The van der Waals surface area contributed by atoms with E-state index in [1.807, 2.05) is 24.5 Å². The van der Waals surface area contributed by atoms with E-state index in [0.717, 1.165) is 4.47 Å². The molecule has 0 saturated carbocycles. The smallest absolute Gasteiger partial charge is 0.258 e. The van der Waals surface area contributed by atoms with Crippen LogP contribution >= 0.6 is 39.2 Å². The Morgan fingerprint density at radius 3 is 2.88 bits per heavy atom. The largest absolute Gasteiger partial charge is 0.297 e. The molecule has 1 aromatic carbocycles. The molecule has 1 N–H and O–H groups in total.